The van der Waals surface area contributed by atoms with Gasteiger partial charge in [0.1, 0.15) is 0 Å². The molecule has 116 valence electrons. The van der Waals surface area contributed by atoms with Crippen molar-refractivity contribution in [2.75, 3.05) is 11.5 Å². The first-order chi connectivity index (χ1) is 9.85. The maximum Gasteiger partial charge on any atom is 0.233 e. The fourth-order valence-corrected chi connectivity index (χ4v) is 5.11. The van der Waals surface area contributed by atoms with Gasteiger partial charge in [-0.2, -0.15) is 0 Å². The van der Waals surface area contributed by atoms with Crippen LogP contribution in [0.15, 0.2) is 28.7 Å². The van der Waals surface area contributed by atoms with E-state index in [2.05, 4.69) is 21.2 Å². The van der Waals surface area contributed by atoms with E-state index < -0.39 is 9.84 Å². The monoisotopic (exact) mass is 391 g/mol. The van der Waals surface area contributed by atoms with Crippen LogP contribution in [0.3, 0.4) is 0 Å². The summed E-state index contributed by atoms with van der Waals surface area (Å²) in [5.74, 6) is 0.910. The maximum atomic E-state index is 12.1. The fourth-order valence-electron chi connectivity index (χ4n) is 2.15. The van der Waals surface area contributed by atoms with Gasteiger partial charge in [0.25, 0.3) is 0 Å². The minimum Gasteiger partial charge on any atom is -0.351 e. The maximum absolute atomic E-state index is 12.1. The van der Waals surface area contributed by atoms with Gasteiger partial charge in [-0.05, 0) is 31.0 Å². The number of amides is 1. The zero-order valence-electron chi connectivity index (χ0n) is 11.7. The lowest BCUT2D eigenvalue weighted by molar-refractivity contribution is -0.120. The molecule has 1 heterocycles. The summed E-state index contributed by atoms with van der Waals surface area (Å²) < 4.78 is 23.8. The highest BCUT2D eigenvalue weighted by molar-refractivity contribution is 9.10. The molecule has 1 fully saturated rings. The first kappa shape index (κ1) is 16.8. The van der Waals surface area contributed by atoms with E-state index in [-0.39, 0.29) is 28.7 Å². The highest BCUT2D eigenvalue weighted by Gasteiger charge is 2.29. The van der Waals surface area contributed by atoms with E-state index in [1.165, 1.54) is 0 Å². The standard InChI is InChI=1S/C14H18BrNO3S2/c1-10(20-8-11-3-2-4-12(15)7-11)14(17)16-13-5-6-21(18,19)9-13/h2-4,7,10,13H,5-6,8-9H2,1H3,(H,16,17). The molecule has 1 aromatic rings. The molecule has 1 aliphatic rings. The lowest BCUT2D eigenvalue weighted by atomic mass is 10.2. The largest absolute Gasteiger partial charge is 0.351 e. The molecule has 1 aliphatic heterocycles. The van der Waals surface area contributed by atoms with Crippen molar-refractivity contribution in [2.45, 2.75) is 30.4 Å². The zero-order valence-corrected chi connectivity index (χ0v) is 14.9. The smallest absolute Gasteiger partial charge is 0.233 e. The normalized spacial score (nSPS) is 21.9. The van der Waals surface area contributed by atoms with Gasteiger partial charge < -0.3 is 5.32 Å². The van der Waals surface area contributed by atoms with Crippen LogP contribution in [-0.2, 0) is 20.4 Å². The Morgan fingerprint density at radius 1 is 1.52 bits per heavy atom. The second-order valence-electron chi connectivity index (χ2n) is 5.19. The first-order valence-corrected chi connectivity index (χ1v) is 10.4. The molecular weight excluding hydrogens is 374 g/mol. The van der Waals surface area contributed by atoms with Crippen LogP contribution in [0.25, 0.3) is 0 Å². The van der Waals surface area contributed by atoms with E-state index in [1.807, 2.05) is 31.2 Å². The molecule has 1 N–H and O–H groups in total. The van der Waals surface area contributed by atoms with Gasteiger partial charge in [-0.25, -0.2) is 8.42 Å². The molecule has 0 aliphatic carbocycles. The fraction of sp³-hybridized carbons (Fsp3) is 0.500. The lowest BCUT2D eigenvalue weighted by Crippen LogP contribution is -2.40. The Morgan fingerprint density at radius 3 is 2.90 bits per heavy atom. The highest BCUT2D eigenvalue weighted by Crippen LogP contribution is 2.21. The molecule has 4 nitrogen and oxygen atoms in total. The van der Waals surface area contributed by atoms with Crippen LogP contribution >= 0.6 is 27.7 Å². The van der Waals surface area contributed by atoms with Crippen LogP contribution in [0.1, 0.15) is 18.9 Å². The van der Waals surface area contributed by atoms with E-state index in [0.29, 0.717) is 6.42 Å². The Labute approximate surface area is 138 Å². The third-order valence-corrected chi connectivity index (χ3v) is 6.81. The number of carbonyl (C=O) groups is 1. The highest BCUT2D eigenvalue weighted by atomic mass is 79.9. The van der Waals surface area contributed by atoms with Gasteiger partial charge >= 0.3 is 0 Å². The Bertz CT molecular complexity index is 618. The van der Waals surface area contributed by atoms with E-state index in [0.717, 1.165) is 15.8 Å². The summed E-state index contributed by atoms with van der Waals surface area (Å²) >= 11 is 4.97. The van der Waals surface area contributed by atoms with E-state index >= 15 is 0 Å². The molecule has 1 aromatic carbocycles. The molecule has 0 radical (unpaired) electrons. The van der Waals surface area contributed by atoms with Gasteiger partial charge in [-0.15, -0.1) is 11.8 Å². The number of nitrogens with one attached hydrogen (secondary N) is 1. The van der Waals surface area contributed by atoms with E-state index in [9.17, 15) is 13.2 Å². The summed E-state index contributed by atoms with van der Waals surface area (Å²) in [5.41, 5.74) is 1.15. The van der Waals surface area contributed by atoms with Gasteiger partial charge in [0.15, 0.2) is 9.84 Å². The van der Waals surface area contributed by atoms with Crippen molar-refractivity contribution in [1.29, 1.82) is 0 Å². The molecule has 7 heteroatoms. The van der Waals surface area contributed by atoms with Crippen LogP contribution in [0.5, 0.6) is 0 Å². The van der Waals surface area contributed by atoms with Crippen LogP contribution in [-0.4, -0.2) is 37.1 Å². The SMILES string of the molecule is CC(SCc1cccc(Br)c1)C(=O)NC1CCS(=O)(=O)C1. The summed E-state index contributed by atoms with van der Waals surface area (Å²) in [6, 6.07) is 7.75. The Hall–Kier alpha value is -0.530. The van der Waals surface area contributed by atoms with Crippen LogP contribution in [0.4, 0.5) is 0 Å². The molecule has 2 unspecified atom stereocenters. The van der Waals surface area contributed by atoms with Crippen molar-refractivity contribution in [2.24, 2.45) is 0 Å². The number of carbonyl (C=O) groups excluding carboxylic acids is 1. The quantitative estimate of drug-likeness (QED) is 0.836. The van der Waals surface area contributed by atoms with Crippen molar-refractivity contribution in [3.05, 3.63) is 34.3 Å². The molecule has 2 rings (SSSR count). The number of sulfone groups is 1. The number of hydrogen-bond donors (Lipinski definition) is 1. The topological polar surface area (TPSA) is 63.2 Å². The van der Waals surface area contributed by atoms with Gasteiger partial charge in [-0.3, -0.25) is 4.79 Å². The van der Waals surface area contributed by atoms with Crippen molar-refractivity contribution in [3.63, 3.8) is 0 Å². The third-order valence-electron chi connectivity index (χ3n) is 3.34. The van der Waals surface area contributed by atoms with Crippen molar-refractivity contribution in [3.8, 4) is 0 Å². The first-order valence-electron chi connectivity index (χ1n) is 6.72. The summed E-state index contributed by atoms with van der Waals surface area (Å²) in [7, 11) is -2.95. The Balaban J connectivity index is 1.80. The number of hydrogen-bond acceptors (Lipinski definition) is 4. The Morgan fingerprint density at radius 2 is 2.29 bits per heavy atom. The number of thioether (sulfide) groups is 1. The van der Waals surface area contributed by atoms with Crippen molar-refractivity contribution >= 4 is 43.4 Å². The minimum atomic E-state index is -2.95. The molecular formula is C14H18BrNO3S2. The second kappa shape index (κ2) is 7.15. The summed E-state index contributed by atoms with van der Waals surface area (Å²) in [6.45, 7) is 1.85. The number of rotatable bonds is 5. The third kappa shape index (κ3) is 5.30. The van der Waals surface area contributed by atoms with Gasteiger partial charge in [0, 0.05) is 16.3 Å². The van der Waals surface area contributed by atoms with Gasteiger partial charge in [0.2, 0.25) is 5.91 Å². The summed E-state index contributed by atoms with van der Waals surface area (Å²) in [4.78, 5) is 12.1. The molecule has 0 aromatic heterocycles. The molecule has 0 bridgehead atoms. The molecule has 0 saturated carbocycles. The molecule has 1 amide bonds. The van der Waals surface area contributed by atoms with Crippen molar-refractivity contribution < 1.29 is 13.2 Å². The van der Waals surface area contributed by atoms with E-state index in [1.54, 1.807) is 11.8 Å². The Kier molecular flexibility index (Phi) is 5.73. The number of benzene rings is 1. The molecule has 2 atom stereocenters. The minimum absolute atomic E-state index is 0.0712. The molecule has 0 spiro atoms. The number of halogens is 1. The average Bonchev–Trinajstić information content (AvgIpc) is 2.75. The summed E-state index contributed by atoms with van der Waals surface area (Å²) in [5, 5.41) is 2.63. The van der Waals surface area contributed by atoms with Gasteiger partial charge in [0.05, 0.1) is 16.8 Å². The second-order valence-corrected chi connectivity index (χ2v) is 9.67. The zero-order chi connectivity index (χ0) is 15.5. The van der Waals surface area contributed by atoms with Crippen LogP contribution in [0, 0.1) is 0 Å². The van der Waals surface area contributed by atoms with Gasteiger partial charge in [-0.1, -0.05) is 28.1 Å². The molecule has 1 saturated heterocycles. The van der Waals surface area contributed by atoms with E-state index in [4.69, 9.17) is 0 Å². The predicted octanol–water partition coefficient (Wildman–Crippen LogP) is 2.37. The summed E-state index contributed by atoms with van der Waals surface area (Å²) in [6.07, 6.45) is 0.525. The predicted molar refractivity (Wildman–Crippen MR) is 90.1 cm³/mol. The van der Waals surface area contributed by atoms with Crippen LogP contribution < -0.4 is 5.32 Å². The molecule has 21 heavy (non-hydrogen) atoms. The van der Waals surface area contributed by atoms with Crippen molar-refractivity contribution in [1.82, 2.24) is 5.32 Å². The van der Waals surface area contributed by atoms with Crippen LogP contribution in [0.2, 0.25) is 0 Å². The lowest BCUT2D eigenvalue weighted by Gasteiger charge is -2.15. The average molecular weight is 392 g/mol.